The Morgan fingerprint density at radius 3 is 0.757 bits per heavy atom. The summed E-state index contributed by atoms with van der Waals surface area (Å²) in [5.41, 5.74) is 5.47. The van der Waals surface area contributed by atoms with Gasteiger partial charge in [-0.15, -0.1) is 0 Å². The fourth-order valence-electron chi connectivity index (χ4n) is 5.51. The molecule has 2 N–H and O–H groups in total. The Bertz CT molecular complexity index is 338. The van der Waals surface area contributed by atoms with Crippen molar-refractivity contribution in [2.45, 2.75) is 206 Å². The van der Waals surface area contributed by atoms with E-state index < -0.39 is 0 Å². The van der Waals surface area contributed by atoms with Gasteiger partial charge in [-0.2, -0.15) is 0 Å². The van der Waals surface area contributed by atoms with Crippen LogP contribution in [0.15, 0.2) is 0 Å². The molecule has 0 atom stereocenters. The van der Waals surface area contributed by atoms with Crippen LogP contribution in [0.25, 0.3) is 0 Å². The van der Waals surface area contributed by atoms with Gasteiger partial charge in [0.25, 0.3) is 0 Å². The lowest BCUT2D eigenvalue weighted by atomic mass is 10.0. The molecule has 2 nitrogen and oxygen atoms in total. The number of hydrogen-bond acceptors (Lipinski definition) is 2. The van der Waals surface area contributed by atoms with E-state index in [2.05, 4.69) is 6.92 Å². The van der Waals surface area contributed by atoms with Gasteiger partial charge in [-0.05, 0) is 19.4 Å². The lowest BCUT2D eigenvalue weighted by Gasteiger charge is -2.05. The molecule has 0 fully saturated rings. The normalized spacial score (nSPS) is 11.5. The molecule has 0 rings (SSSR count). The molecule has 0 aliphatic heterocycles. The van der Waals surface area contributed by atoms with Gasteiger partial charge >= 0.3 is 0 Å². The van der Waals surface area contributed by atoms with Crippen LogP contribution in [-0.2, 0) is 4.74 Å². The molecule has 0 aromatic carbocycles. The largest absolute Gasteiger partial charge is 0.381 e. The molecule has 0 bridgehead atoms. The zero-order chi connectivity index (χ0) is 26.7. The smallest absolute Gasteiger partial charge is 0.0478 e. The summed E-state index contributed by atoms with van der Waals surface area (Å²) in [5.74, 6) is 0. The van der Waals surface area contributed by atoms with Crippen molar-refractivity contribution < 1.29 is 4.74 Å². The third-order valence-electron chi connectivity index (χ3n) is 8.14. The Morgan fingerprint density at radius 1 is 0.297 bits per heavy atom. The SMILES string of the molecule is CCCCCCCCCCCCCCCCCCCCCCCCCCCCCCCCOCCCN. The molecular weight excluding hydrogens is 450 g/mol. The first-order valence-electron chi connectivity index (χ1n) is 17.7. The molecule has 0 spiro atoms. The van der Waals surface area contributed by atoms with Gasteiger partial charge in [0.05, 0.1) is 0 Å². The van der Waals surface area contributed by atoms with Crippen molar-refractivity contribution in [3.63, 3.8) is 0 Å². The minimum atomic E-state index is 0.750. The number of nitrogens with two attached hydrogens (primary N) is 1. The first kappa shape index (κ1) is 36.9. The van der Waals surface area contributed by atoms with Gasteiger partial charge in [-0.3, -0.25) is 0 Å². The average Bonchev–Trinajstić information content (AvgIpc) is 2.91. The van der Waals surface area contributed by atoms with Gasteiger partial charge < -0.3 is 10.5 Å². The Labute approximate surface area is 236 Å². The molecular formula is C35H73NO. The summed E-state index contributed by atoms with van der Waals surface area (Å²) in [4.78, 5) is 0. The lowest BCUT2D eigenvalue weighted by molar-refractivity contribution is 0.129. The number of hydrogen-bond donors (Lipinski definition) is 1. The van der Waals surface area contributed by atoms with Gasteiger partial charge in [0.1, 0.15) is 0 Å². The third kappa shape index (κ3) is 35.9. The predicted molar refractivity (Wildman–Crippen MR) is 169 cm³/mol. The second kappa shape index (κ2) is 35.9. The first-order valence-corrected chi connectivity index (χ1v) is 17.7. The van der Waals surface area contributed by atoms with Crippen molar-refractivity contribution in [1.82, 2.24) is 0 Å². The van der Waals surface area contributed by atoms with Crippen molar-refractivity contribution in [2.75, 3.05) is 19.8 Å². The average molecular weight is 524 g/mol. The fourth-order valence-corrected chi connectivity index (χ4v) is 5.51. The highest BCUT2D eigenvalue weighted by molar-refractivity contribution is 4.52. The number of unbranched alkanes of at least 4 members (excludes halogenated alkanes) is 29. The van der Waals surface area contributed by atoms with Crippen LogP contribution in [0.3, 0.4) is 0 Å². The summed E-state index contributed by atoms with van der Waals surface area (Å²) in [7, 11) is 0. The molecule has 0 aliphatic carbocycles. The topological polar surface area (TPSA) is 35.2 Å². The molecule has 0 aromatic rings. The van der Waals surface area contributed by atoms with E-state index in [1.165, 1.54) is 193 Å². The van der Waals surface area contributed by atoms with Gasteiger partial charge in [0, 0.05) is 13.2 Å². The first-order chi connectivity index (χ1) is 18.4. The van der Waals surface area contributed by atoms with E-state index in [1.54, 1.807) is 0 Å². The molecule has 0 saturated heterocycles. The van der Waals surface area contributed by atoms with Crippen molar-refractivity contribution in [1.29, 1.82) is 0 Å². The van der Waals surface area contributed by atoms with Gasteiger partial charge in [0.15, 0.2) is 0 Å². The molecule has 0 amide bonds. The zero-order valence-corrected chi connectivity index (χ0v) is 26.0. The maximum atomic E-state index is 5.56. The molecule has 37 heavy (non-hydrogen) atoms. The highest BCUT2D eigenvalue weighted by Gasteiger charge is 1.97. The Balaban J connectivity index is 3.00. The van der Waals surface area contributed by atoms with Crippen LogP contribution >= 0.6 is 0 Å². The van der Waals surface area contributed by atoms with E-state index in [9.17, 15) is 0 Å². The molecule has 224 valence electrons. The van der Waals surface area contributed by atoms with E-state index >= 15 is 0 Å². The molecule has 0 unspecified atom stereocenters. The van der Waals surface area contributed by atoms with Crippen LogP contribution in [-0.4, -0.2) is 19.8 Å². The van der Waals surface area contributed by atoms with Crippen LogP contribution in [0, 0.1) is 0 Å². The number of rotatable bonds is 34. The summed E-state index contributed by atoms with van der Waals surface area (Å²) >= 11 is 0. The Kier molecular flexibility index (Phi) is 35.8. The lowest BCUT2D eigenvalue weighted by Crippen LogP contribution is -2.04. The van der Waals surface area contributed by atoms with Crippen LogP contribution in [0.1, 0.15) is 206 Å². The maximum absolute atomic E-state index is 5.56. The van der Waals surface area contributed by atoms with Crippen molar-refractivity contribution in [3.05, 3.63) is 0 Å². The van der Waals surface area contributed by atoms with Crippen molar-refractivity contribution in [2.24, 2.45) is 5.73 Å². The van der Waals surface area contributed by atoms with E-state index in [1.807, 2.05) is 0 Å². The van der Waals surface area contributed by atoms with Gasteiger partial charge in [-0.25, -0.2) is 0 Å². The van der Waals surface area contributed by atoms with E-state index in [4.69, 9.17) is 10.5 Å². The zero-order valence-electron chi connectivity index (χ0n) is 26.0. The Morgan fingerprint density at radius 2 is 0.514 bits per heavy atom. The molecule has 0 heterocycles. The quantitative estimate of drug-likeness (QED) is 0.0851. The van der Waals surface area contributed by atoms with Crippen LogP contribution in [0.5, 0.6) is 0 Å². The fraction of sp³-hybridized carbons (Fsp3) is 1.00. The highest BCUT2D eigenvalue weighted by Crippen LogP contribution is 2.16. The second-order valence-corrected chi connectivity index (χ2v) is 12.0. The maximum Gasteiger partial charge on any atom is 0.0478 e. The van der Waals surface area contributed by atoms with E-state index in [0.717, 1.165) is 26.2 Å². The highest BCUT2D eigenvalue weighted by atomic mass is 16.5. The van der Waals surface area contributed by atoms with Crippen LogP contribution in [0.2, 0.25) is 0 Å². The van der Waals surface area contributed by atoms with Crippen molar-refractivity contribution in [3.8, 4) is 0 Å². The monoisotopic (exact) mass is 524 g/mol. The minimum Gasteiger partial charge on any atom is -0.381 e. The van der Waals surface area contributed by atoms with Crippen LogP contribution < -0.4 is 5.73 Å². The standard InChI is InChI=1S/C35H73NO/c1-2-3-4-5-6-7-8-9-10-11-12-13-14-15-16-17-18-19-20-21-22-23-24-25-26-27-28-29-30-31-34-37-35-32-33-36/h2-36H2,1H3. The summed E-state index contributed by atoms with van der Waals surface area (Å²) < 4.78 is 5.56. The molecule has 0 aromatic heterocycles. The molecule has 0 radical (unpaired) electrons. The predicted octanol–water partition coefficient (Wildman–Crippen LogP) is 12.1. The number of ether oxygens (including phenoxy) is 1. The molecule has 0 aliphatic rings. The van der Waals surface area contributed by atoms with E-state index in [-0.39, 0.29) is 0 Å². The van der Waals surface area contributed by atoms with Crippen LogP contribution in [0.4, 0.5) is 0 Å². The minimum absolute atomic E-state index is 0.750. The Hall–Kier alpha value is -0.0800. The summed E-state index contributed by atoms with van der Waals surface area (Å²) in [5, 5.41) is 0. The third-order valence-corrected chi connectivity index (χ3v) is 8.14. The van der Waals surface area contributed by atoms with E-state index in [0.29, 0.717) is 0 Å². The summed E-state index contributed by atoms with van der Waals surface area (Å²) in [6.45, 7) is 4.83. The summed E-state index contributed by atoms with van der Waals surface area (Å²) in [6.07, 6.45) is 44.6. The van der Waals surface area contributed by atoms with Crippen molar-refractivity contribution >= 4 is 0 Å². The van der Waals surface area contributed by atoms with Gasteiger partial charge in [0.2, 0.25) is 0 Å². The summed E-state index contributed by atoms with van der Waals surface area (Å²) in [6, 6.07) is 0. The molecule has 2 heteroatoms. The van der Waals surface area contributed by atoms with Gasteiger partial charge in [-0.1, -0.05) is 193 Å². The second-order valence-electron chi connectivity index (χ2n) is 12.0. The molecule has 0 saturated carbocycles.